The molecule has 7 heteroatoms. The van der Waals surface area contributed by atoms with E-state index in [1.165, 1.54) is 12.0 Å². The summed E-state index contributed by atoms with van der Waals surface area (Å²) in [6.45, 7) is 3.84. The van der Waals surface area contributed by atoms with Gasteiger partial charge in [0.2, 0.25) is 0 Å². The van der Waals surface area contributed by atoms with Gasteiger partial charge < -0.3 is 14.6 Å². The number of carbonyl (C=O) groups is 2. The van der Waals surface area contributed by atoms with Crippen molar-refractivity contribution in [3.63, 3.8) is 0 Å². The Balaban J connectivity index is 1.87. The van der Waals surface area contributed by atoms with Crippen LogP contribution in [0.15, 0.2) is 78.4 Å². The third-order valence-corrected chi connectivity index (χ3v) is 5.65. The minimum absolute atomic E-state index is 0.0137. The van der Waals surface area contributed by atoms with Gasteiger partial charge >= 0.3 is 0 Å². The number of hydrogen-bond donors (Lipinski definition) is 1. The molecule has 0 aromatic heterocycles. The molecule has 4 rings (SSSR count). The number of aliphatic hydroxyl groups excluding tert-OH is 1. The van der Waals surface area contributed by atoms with Gasteiger partial charge in [0.05, 0.1) is 36.5 Å². The molecular formula is C28H24N2O5. The summed E-state index contributed by atoms with van der Waals surface area (Å²) in [5.74, 6) is -0.603. The van der Waals surface area contributed by atoms with Gasteiger partial charge in [0.15, 0.2) is 0 Å². The van der Waals surface area contributed by atoms with Gasteiger partial charge in [0.1, 0.15) is 17.3 Å². The molecule has 1 aliphatic heterocycles. The van der Waals surface area contributed by atoms with Crippen LogP contribution in [0, 0.1) is 11.3 Å². The zero-order valence-electron chi connectivity index (χ0n) is 19.6. The summed E-state index contributed by atoms with van der Waals surface area (Å²) in [6.07, 6.45) is -0.0137. The molecule has 1 N–H and O–H groups in total. The molecule has 0 saturated carbocycles. The molecule has 1 heterocycles. The van der Waals surface area contributed by atoms with Crippen LogP contribution in [-0.2, 0) is 9.59 Å². The van der Waals surface area contributed by atoms with E-state index in [9.17, 15) is 14.7 Å². The van der Waals surface area contributed by atoms with E-state index < -0.39 is 17.7 Å². The highest BCUT2D eigenvalue weighted by Crippen LogP contribution is 2.42. The number of hydrogen-bond acceptors (Lipinski definition) is 6. The molecule has 1 atom stereocenters. The molecule has 1 amide bonds. The zero-order valence-corrected chi connectivity index (χ0v) is 19.6. The Bertz CT molecular complexity index is 1320. The molecule has 3 aromatic rings. The number of aliphatic hydroxyl groups is 1. The lowest BCUT2D eigenvalue weighted by Gasteiger charge is -2.25. The predicted octanol–water partition coefficient (Wildman–Crippen LogP) is 4.98. The Hall–Kier alpha value is -4.57. The van der Waals surface area contributed by atoms with Gasteiger partial charge in [-0.15, -0.1) is 0 Å². The highest BCUT2D eigenvalue weighted by molar-refractivity contribution is 6.51. The first-order chi connectivity index (χ1) is 16.8. The smallest absolute Gasteiger partial charge is 0.300 e. The van der Waals surface area contributed by atoms with Crippen molar-refractivity contribution in [3.05, 3.63) is 95.1 Å². The topological polar surface area (TPSA) is 99.9 Å². The van der Waals surface area contributed by atoms with Crippen LogP contribution in [0.2, 0.25) is 0 Å². The summed E-state index contributed by atoms with van der Waals surface area (Å²) in [5.41, 5.74) is 1.85. The van der Waals surface area contributed by atoms with Crippen LogP contribution in [0.3, 0.4) is 0 Å². The maximum Gasteiger partial charge on any atom is 0.300 e. The highest BCUT2D eigenvalue weighted by Gasteiger charge is 2.47. The Morgan fingerprint density at radius 2 is 1.54 bits per heavy atom. The van der Waals surface area contributed by atoms with E-state index in [4.69, 9.17) is 14.7 Å². The molecule has 3 aromatic carbocycles. The van der Waals surface area contributed by atoms with Gasteiger partial charge in [-0.25, -0.2) is 0 Å². The zero-order chi connectivity index (χ0) is 25.1. The Morgan fingerprint density at radius 1 is 0.943 bits per heavy atom. The van der Waals surface area contributed by atoms with Crippen LogP contribution in [0.1, 0.15) is 36.6 Å². The van der Waals surface area contributed by atoms with Crippen LogP contribution < -0.4 is 14.4 Å². The van der Waals surface area contributed by atoms with Crippen LogP contribution in [0.25, 0.3) is 5.76 Å². The second-order valence-electron chi connectivity index (χ2n) is 8.29. The number of ether oxygens (including phenoxy) is 2. The second-order valence-corrected chi connectivity index (χ2v) is 8.29. The summed E-state index contributed by atoms with van der Waals surface area (Å²) in [5, 5.41) is 20.3. The molecule has 1 fully saturated rings. The fourth-order valence-corrected chi connectivity index (χ4v) is 4.02. The number of ketones is 1. The van der Waals surface area contributed by atoms with E-state index in [2.05, 4.69) is 0 Å². The van der Waals surface area contributed by atoms with Crippen LogP contribution in [0.4, 0.5) is 5.69 Å². The van der Waals surface area contributed by atoms with Gasteiger partial charge in [-0.1, -0.05) is 12.1 Å². The Morgan fingerprint density at radius 3 is 2.09 bits per heavy atom. The molecule has 1 saturated heterocycles. The first-order valence-corrected chi connectivity index (χ1v) is 11.1. The van der Waals surface area contributed by atoms with E-state index in [0.717, 1.165) is 0 Å². The van der Waals surface area contributed by atoms with Crippen molar-refractivity contribution < 1.29 is 24.2 Å². The number of rotatable bonds is 6. The van der Waals surface area contributed by atoms with Gasteiger partial charge in [-0.05, 0) is 80.1 Å². The van der Waals surface area contributed by atoms with Crippen LogP contribution >= 0.6 is 0 Å². The number of methoxy groups -OCH3 is 1. The third kappa shape index (κ3) is 4.59. The van der Waals surface area contributed by atoms with Gasteiger partial charge in [-0.2, -0.15) is 5.26 Å². The lowest BCUT2D eigenvalue weighted by molar-refractivity contribution is -0.132. The van der Waals surface area contributed by atoms with Gasteiger partial charge in [0.25, 0.3) is 11.7 Å². The molecule has 0 spiro atoms. The summed E-state index contributed by atoms with van der Waals surface area (Å²) in [4.78, 5) is 27.8. The highest BCUT2D eigenvalue weighted by atomic mass is 16.5. The summed E-state index contributed by atoms with van der Waals surface area (Å²) < 4.78 is 10.9. The number of anilines is 1. The lowest BCUT2D eigenvalue weighted by atomic mass is 9.95. The average Bonchev–Trinajstić information content (AvgIpc) is 3.14. The number of amides is 1. The van der Waals surface area contributed by atoms with E-state index in [-0.39, 0.29) is 17.4 Å². The molecular weight excluding hydrogens is 444 g/mol. The van der Waals surface area contributed by atoms with Crippen molar-refractivity contribution >= 4 is 23.1 Å². The number of nitrogens with zero attached hydrogens (tertiary/aromatic N) is 2. The molecule has 35 heavy (non-hydrogen) atoms. The van der Waals surface area contributed by atoms with Crippen molar-refractivity contribution in [3.8, 4) is 17.6 Å². The van der Waals surface area contributed by atoms with Gasteiger partial charge in [-0.3, -0.25) is 14.5 Å². The Kier molecular flexibility index (Phi) is 6.56. The Labute approximate surface area is 203 Å². The maximum atomic E-state index is 13.2. The molecule has 0 bridgehead atoms. The normalized spacial score (nSPS) is 16.9. The SMILES string of the molecule is COc1ccc(/C(O)=C2\C(=O)C(=O)N(c3ccc(C#N)cc3)C2c2ccc(OC(C)C)cc2)cc1. The van der Waals surface area contributed by atoms with Crippen molar-refractivity contribution in [2.24, 2.45) is 0 Å². The quantitative estimate of drug-likeness (QED) is 0.311. The van der Waals surface area contributed by atoms with E-state index in [1.54, 1.807) is 72.8 Å². The number of benzene rings is 3. The summed E-state index contributed by atoms with van der Waals surface area (Å²) in [6, 6.07) is 21.2. The van der Waals surface area contributed by atoms with Crippen LogP contribution in [0.5, 0.6) is 11.5 Å². The van der Waals surface area contributed by atoms with E-state index >= 15 is 0 Å². The van der Waals surface area contributed by atoms with Crippen molar-refractivity contribution in [1.82, 2.24) is 0 Å². The van der Waals surface area contributed by atoms with Crippen molar-refractivity contribution in [1.29, 1.82) is 5.26 Å². The predicted molar refractivity (Wildman–Crippen MR) is 131 cm³/mol. The minimum Gasteiger partial charge on any atom is -0.507 e. The first kappa shape index (κ1) is 23.6. The van der Waals surface area contributed by atoms with E-state index in [0.29, 0.717) is 33.9 Å². The number of nitriles is 1. The lowest BCUT2D eigenvalue weighted by Crippen LogP contribution is -2.29. The molecule has 1 unspecified atom stereocenters. The van der Waals surface area contributed by atoms with Gasteiger partial charge in [0, 0.05) is 11.3 Å². The average molecular weight is 469 g/mol. The molecule has 0 aliphatic carbocycles. The first-order valence-electron chi connectivity index (χ1n) is 11.1. The molecule has 7 nitrogen and oxygen atoms in total. The molecule has 176 valence electrons. The number of Topliss-reactive ketones (excluding diaryl/α,β-unsaturated/α-hetero) is 1. The summed E-state index contributed by atoms with van der Waals surface area (Å²) >= 11 is 0. The van der Waals surface area contributed by atoms with E-state index in [1.807, 2.05) is 19.9 Å². The second kappa shape index (κ2) is 9.74. The largest absolute Gasteiger partial charge is 0.507 e. The standard InChI is InChI=1S/C28H24N2O5/c1-17(2)35-23-14-6-19(7-15-23)25-24(26(31)20-8-12-22(34-3)13-9-20)27(32)28(33)30(25)21-10-4-18(16-29)5-11-21/h4-15,17,25,31H,1-3H3/b26-24+. The van der Waals surface area contributed by atoms with Crippen molar-refractivity contribution in [2.75, 3.05) is 12.0 Å². The van der Waals surface area contributed by atoms with Crippen molar-refractivity contribution in [2.45, 2.75) is 26.0 Å². The molecule has 1 aliphatic rings. The number of carbonyl (C=O) groups excluding carboxylic acids is 2. The monoisotopic (exact) mass is 468 g/mol. The fourth-order valence-electron chi connectivity index (χ4n) is 4.02. The third-order valence-electron chi connectivity index (χ3n) is 5.65. The fraction of sp³-hybridized carbons (Fsp3) is 0.179. The maximum absolute atomic E-state index is 13.2. The molecule has 0 radical (unpaired) electrons. The minimum atomic E-state index is -0.877. The summed E-state index contributed by atoms with van der Waals surface area (Å²) in [7, 11) is 1.53. The van der Waals surface area contributed by atoms with Crippen LogP contribution in [-0.4, -0.2) is 30.0 Å².